The fourth-order valence-corrected chi connectivity index (χ4v) is 1.21. The van der Waals surface area contributed by atoms with Crippen LogP contribution >= 0.6 is 11.6 Å². The molecular weight excluding hydrogens is 222 g/mol. The van der Waals surface area contributed by atoms with Gasteiger partial charge < -0.3 is 10.5 Å². The monoisotopic (exact) mass is 231 g/mol. The smallest absolute Gasteiger partial charge is 0.309 e. The summed E-state index contributed by atoms with van der Waals surface area (Å²) in [5, 5.41) is 10.4. The lowest BCUT2D eigenvalue weighted by molar-refractivity contribution is -0.385. The second-order valence-corrected chi connectivity index (χ2v) is 3.47. The molecule has 0 spiro atoms. The number of pyridine rings is 1. The molecule has 0 radical (unpaired) electrons. The van der Waals surface area contributed by atoms with E-state index in [4.69, 9.17) is 22.1 Å². The van der Waals surface area contributed by atoms with Gasteiger partial charge in [0.1, 0.15) is 6.20 Å². The van der Waals surface area contributed by atoms with Gasteiger partial charge in [-0.2, -0.15) is 0 Å². The SMILES string of the molecule is CC(C)Oc1c(N)ncc([N+](=O)[O-])c1Cl. The first kappa shape index (κ1) is 11.5. The summed E-state index contributed by atoms with van der Waals surface area (Å²) in [5.74, 6) is 0.0974. The van der Waals surface area contributed by atoms with Crippen molar-refractivity contribution in [2.45, 2.75) is 20.0 Å². The maximum absolute atomic E-state index is 10.6. The number of nitrogens with zero attached hydrogens (tertiary/aromatic N) is 2. The van der Waals surface area contributed by atoms with Crippen LogP contribution in [0.5, 0.6) is 5.75 Å². The Morgan fingerprint density at radius 2 is 2.27 bits per heavy atom. The third-order valence-corrected chi connectivity index (χ3v) is 1.90. The molecule has 15 heavy (non-hydrogen) atoms. The average Bonchev–Trinajstić information content (AvgIpc) is 2.11. The van der Waals surface area contributed by atoms with Gasteiger partial charge in [0.2, 0.25) is 0 Å². The van der Waals surface area contributed by atoms with Crippen molar-refractivity contribution in [2.75, 3.05) is 5.73 Å². The third kappa shape index (κ3) is 2.47. The Morgan fingerprint density at radius 3 is 2.73 bits per heavy atom. The number of nitrogens with two attached hydrogens (primary N) is 1. The molecule has 6 nitrogen and oxygen atoms in total. The normalized spacial score (nSPS) is 10.4. The summed E-state index contributed by atoms with van der Waals surface area (Å²) >= 11 is 5.77. The molecular formula is C8H10ClN3O3. The highest BCUT2D eigenvalue weighted by atomic mass is 35.5. The zero-order valence-electron chi connectivity index (χ0n) is 8.23. The Balaban J connectivity index is 3.24. The van der Waals surface area contributed by atoms with E-state index in [0.717, 1.165) is 6.20 Å². The highest BCUT2D eigenvalue weighted by Crippen LogP contribution is 2.37. The van der Waals surface area contributed by atoms with E-state index in [9.17, 15) is 10.1 Å². The molecule has 0 aromatic carbocycles. The second-order valence-electron chi connectivity index (χ2n) is 3.10. The first-order valence-corrected chi connectivity index (χ1v) is 4.56. The molecule has 1 aromatic rings. The van der Waals surface area contributed by atoms with E-state index in [0.29, 0.717) is 0 Å². The van der Waals surface area contributed by atoms with E-state index in [2.05, 4.69) is 4.98 Å². The van der Waals surface area contributed by atoms with Crippen LogP contribution in [0.25, 0.3) is 0 Å². The molecule has 0 aliphatic heterocycles. The van der Waals surface area contributed by atoms with Crippen molar-refractivity contribution in [1.29, 1.82) is 0 Å². The molecule has 0 atom stereocenters. The zero-order chi connectivity index (χ0) is 11.6. The number of hydrogen-bond acceptors (Lipinski definition) is 5. The number of hydrogen-bond donors (Lipinski definition) is 1. The molecule has 2 N–H and O–H groups in total. The largest absolute Gasteiger partial charge is 0.485 e. The summed E-state index contributed by atoms with van der Waals surface area (Å²) in [6, 6.07) is 0. The van der Waals surface area contributed by atoms with E-state index in [1.165, 1.54) is 0 Å². The number of ether oxygens (including phenoxy) is 1. The molecule has 0 fully saturated rings. The minimum Gasteiger partial charge on any atom is -0.485 e. The number of nitrogen functional groups attached to an aromatic ring is 1. The Kier molecular flexibility index (Phi) is 3.31. The minimum atomic E-state index is -0.637. The van der Waals surface area contributed by atoms with E-state index >= 15 is 0 Å². The Hall–Kier alpha value is -1.56. The second kappa shape index (κ2) is 4.31. The van der Waals surface area contributed by atoms with Crippen LogP contribution in [0.4, 0.5) is 11.5 Å². The zero-order valence-corrected chi connectivity index (χ0v) is 8.99. The van der Waals surface area contributed by atoms with E-state index in [1.807, 2.05) is 0 Å². The van der Waals surface area contributed by atoms with Crippen molar-refractivity contribution in [3.8, 4) is 5.75 Å². The van der Waals surface area contributed by atoms with Crippen molar-refractivity contribution in [2.24, 2.45) is 0 Å². The highest BCUT2D eigenvalue weighted by Gasteiger charge is 2.21. The van der Waals surface area contributed by atoms with Gasteiger partial charge in [-0.15, -0.1) is 0 Å². The fourth-order valence-electron chi connectivity index (χ4n) is 0.950. The van der Waals surface area contributed by atoms with Gasteiger partial charge in [-0.05, 0) is 13.8 Å². The lowest BCUT2D eigenvalue weighted by atomic mass is 10.3. The maximum Gasteiger partial charge on any atom is 0.309 e. The molecule has 7 heteroatoms. The molecule has 0 bridgehead atoms. The summed E-state index contributed by atoms with van der Waals surface area (Å²) in [6.07, 6.45) is 0.818. The van der Waals surface area contributed by atoms with Crippen LogP contribution in [-0.4, -0.2) is 16.0 Å². The van der Waals surface area contributed by atoms with Gasteiger partial charge in [-0.25, -0.2) is 4.98 Å². The summed E-state index contributed by atoms with van der Waals surface area (Å²) < 4.78 is 5.24. The van der Waals surface area contributed by atoms with Gasteiger partial charge in [0.15, 0.2) is 16.6 Å². The molecule has 0 aliphatic carbocycles. The Labute approximate surface area is 91.2 Å². The first-order valence-electron chi connectivity index (χ1n) is 4.18. The highest BCUT2D eigenvalue weighted by molar-refractivity contribution is 6.34. The van der Waals surface area contributed by atoms with Crippen molar-refractivity contribution < 1.29 is 9.66 Å². The van der Waals surface area contributed by atoms with Gasteiger partial charge in [-0.1, -0.05) is 11.6 Å². The lowest BCUT2D eigenvalue weighted by Gasteiger charge is -2.12. The Bertz CT molecular complexity index is 395. The van der Waals surface area contributed by atoms with Gasteiger partial charge in [0, 0.05) is 0 Å². The predicted octanol–water partition coefficient (Wildman–Crippen LogP) is 2.01. The Morgan fingerprint density at radius 1 is 1.67 bits per heavy atom. The van der Waals surface area contributed by atoms with E-state index in [1.54, 1.807) is 13.8 Å². The molecule has 0 saturated carbocycles. The number of aromatic nitrogens is 1. The van der Waals surface area contributed by atoms with Crippen molar-refractivity contribution in [3.63, 3.8) is 0 Å². The van der Waals surface area contributed by atoms with E-state index in [-0.39, 0.29) is 28.4 Å². The predicted molar refractivity (Wildman–Crippen MR) is 56.1 cm³/mol. The third-order valence-electron chi connectivity index (χ3n) is 1.53. The molecule has 0 aliphatic rings. The molecule has 82 valence electrons. The van der Waals surface area contributed by atoms with Crippen LogP contribution in [0.2, 0.25) is 5.02 Å². The van der Waals surface area contributed by atoms with Gasteiger partial charge >= 0.3 is 5.69 Å². The van der Waals surface area contributed by atoms with E-state index < -0.39 is 4.92 Å². The average molecular weight is 232 g/mol. The van der Waals surface area contributed by atoms with Crippen LogP contribution in [0.3, 0.4) is 0 Å². The van der Waals surface area contributed by atoms with Crippen LogP contribution in [0.1, 0.15) is 13.8 Å². The first-order chi connectivity index (χ1) is 6.93. The van der Waals surface area contributed by atoms with Gasteiger partial charge in [0.05, 0.1) is 11.0 Å². The van der Waals surface area contributed by atoms with Crippen LogP contribution in [-0.2, 0) is 0 Å². The standard InChI is InChI=1S/C8H10ClN3O3/c1-4(2)15-7-6(9)5(12(13)14)3-11-8(7)10/h3-4H,1-2H3,(H2,10,11). The minimum absolute atomic E-state index is 0.0410. The maximum atomic E-state index is 10.6. The summed E-state index contributed by atoms with van der Waals surface area (Å²) in [5.41, 5.74) is 5.18. The number of nitro groups is 1. The van der Waals surface area contributed by atoms with Gasteiger partial charge in [-0.3, -0.25) is 10.1 Å². The molecule has 0 amide bonds. The van der Waals surface area contributed by atoms with Crippen LogP contribution < -0.4 is 10.5 Å². The number of rotatable bonds is 3. The van der Waals surface area contributed by atoms with Gasteiger partial charge in [0.25, 0.3) is 0 Å². The summed E-state index contributed by atoms with van der Waals surface area (Å²) in [6.45, 7) is 3.52. The summed E-state index contributed by atoms with van der Waals surface area (Å²) in [4.78, 5) is 13.6. The lowest BCUT2D eigenvalue weighted by Crippen LogP contribution is -2.09. The molecule has 1 rings (SSSR count). The number of anilines is 1. The van der Waals surface area contributed by atoms with Crippen molar-refractivity contribution in [1.82, 2.24) is 4.98 Å². The van der Waals surface area contributed by atoms with Crippen LogP contribution in [0.15, 0.2) is 6.20 Å². The molecule has 0 saturated heterocycles. The van der Waals surface area contributed by atoms with Crippen molar-refractivity contribution >= 4 is 23.1 Å². The summed E-state index contributed by atoms with van der Waals surface area (Å²) in [7, 11) is 0. The molecule has 0 unspecified atom stereocenters. The fraction of sp³-hybridized carbons (Fsp3) is 0.375. The van der Waals surface area contributed by atoms with Crippen molar-refractivity contribution in [3.05, 3.63) is 21.3 Å². The topological polar surface area (TPSA) is 91.3 Å². The molecule has 1 aromatic heterocycles. The quantitative estimate of drug-likeness (QED) is 0.635. The molecule has 1 heterocycles. The van der Waals surface area contributed by atoms with Crippen LogP contribution in [0, 0.1) is 10.1 Å². The number of halogens is 1.